The van der Waals surface area contributed by atoms with Crippen LogP contribution >= 0.6 is 11.3 Å². The Bertz CT molecular complexity index is 517. The van der Waals surface area contributed by atoms with Gasteiger partial charge in [-0.3, -0.25) is 0 Å². The molecule has 3 nitrogen and oxygen atoms in total. The summed E-state index contributed by atoms with van der Waals surface area (Å²) in [5, 5.41) is 11.1. The van der Waals surface area contributed by atoms with E-state index in [0.717, 1.165) is 24.4 Å². The zero-order valence-corrected chi connectivity index (χ0v) is 10.2. The first-order chi connectivity index (χ1) is 7.72. The maximum absolute atomic E-state index is 8.99. The van der Waals surface area contributed by atoms with Crippen molar-refractivity contribution in [1.29, 1.82) is 5.26 Å². The number of thiophene rings is 1. The van der Waals surface area contributed by atoms with Crippen LogP contribution in [0.5, 0.6) is 0 Å². The van der Waals surface area contributed by atoms with Gasteiger partial charge in [-0.25, -0.2) is 4.98 Å². The van der Waals surface area contributed by atoms with E-state index in [1.54, 1.807) is 11.3 Å². The summed E-state index contributed by atoms with van der Waals surface area (Å²) in [4.78, 5) is 5.58. The van der Waals surface area contributed by atoms with Crippen molar-refractivity contribution < 1.29 is 0 Å². The van der Waals surface area contributed by atoms with Gasteiger partial charge in [0.05, 0.1) is 5.69 Å². The van der Waals surface area contributed by atoms with Gasteiger partial charge < -0.3 is 4.57 Å². The van der Waals surface area contributed by atoms with Gasteiger partial charge >= 0.3 is 0 Å². The molecule has 0 aromatic carbocycles. The number of aromatic nitrogens is 2. The Kier molecular flexibility index (Phi) is 3.07. The molecule has 0 unspecified atom stereocenters. The van der Waals surface area contributed by atoms with Crippen molar-refractivity contribution in [3.8, 4) is 6.07 Å². The minimum absolute atomic E-state index is 0.566. The van der Waals surface area contributed by atoms with Crippen molar-refractivity contribution in [1.82, 2.24) is 9.55 Å². The van der Waals surface area contributed by atoms with Gasteiger partial charge in [-0.1, -0.05) is 6.07 Å². The highest BCUT2D eigenvalue weighted by Crippen LogP contribution is 2.15. The van der Waals surface area contributed by atoms with Crippen molar-refractivity contribution in [2.75, 3.05) is 0 Å². The van der Waals surface area contributed by atoms with Crippen LogP contribution in [0.3, 0.4) is 0 Å². The molecule has 0 bridgehead atoms. The van der Waals surface area contributed by atoms with Crippen molar-refractivity contribution in [3.63, 3.8) is 0 Å². The van der Waals surface area contributed by atoms with Gasteiger partial charge in [-0.05, 0) is 31.2 Å². The fourth-order valence-electron chi connectivity index (χ4n) is 1.73. The number of imidazole rings is 1. The number of rotatable bonds is 3. The molecule has 0 fully saturated rings. The van der Waals surface area contributed by atoms with E-state index in [9.17, 15) is 0 Å². The number of nitrogens with zero attached hydrogens (tertiary/aromatic N) is 3. The summed E-state index contributed by atoms with van der Waals surface area (Å²) in [5.41, 5.74) is 1.60. The predicted molar refractivity (Wildman–Crippen MR) is 64.4 cm³/mol. The maximum Gasteiger partial charge on any atom is 0.161 e. The molecule has 0 aliphatic rings. The molecule has 0 N–H and O–H groups in total. The summed E-state index contributed by atoms with van der Waals surface area (Å²) in [5.74, 6) is 0.901. The molecule has 0 atom stereocenters. The topological polar surface area (TPSA) is 41.6 Å². The summed E-state index contributed by atoms with van der Waals surface area (Å²) < 4.78 is 2.01. The number of hydrogen-bond donors (Lipinski definition) is 0. The van der Waals surface area contributed by atoms with E-state index in [-0.39, 0.29) is 0 Å². The second kappa shape index (κ2) is 4.50. The third kappa shape index (κ3) is 2.00. The number of nitriles is 1. The molecule has 2 rings (SSSR count). The predicted octanol–water partition coefficient (Wildman–Crippen LogP) is 2.45. The second-order valence-electron chi connectivity index (χ2n) is 3.70. The minimum atomic E-state index is 0.566. The van der Waals surface area contributed by atoms with Crippen LogP contribution in [-0.4, -0.2) is 9.55 Å². The zero-order chi connectivity index (χ0) is 11.5. The molecule has 2 heterocycles. The van der Waals surface area contributed by atoms with Gasteiger partial charge in [0.2, 0.25) is 0 Å². The average molecular weight is 231 g/mol. The van der Waals surface area contributed by atoms with Crippen LogP contribution in [0.4, 0.5) is 0 Å². The standard InChI is InChI=1S/C12H13N3S/c1-9-14-11(8-13)12(15(9)2)6-5-10-4-3-7-16-10/h3-4,7H,5-6H2,1-2H3. The highest BCUT2D eigenvalue weighted by atomic mass is 32.1. The Hall–Kier alpha value is -1.60. The quantitative estimate of drug-likeness (QED) is 0.814. The molecule has 16 heavy (non-hydrogen) atoms. The molecule has 4 heteroatoms. The Morgan fingerprint density at radius 3 is 2.94 bits per heavy atom. The smallest absolute Gasteiger partial charge is 0.161 e. The van der Waals surface area contributed by atoms with E-state index >= 15 is 0 Å². The molecular weight excluding hydrogens is 218 g/mol. The highest BCUT2D eigenvalue weighted by Gasteiger charge is 2.11. The van der Waals surface area contributed by atoms with Crippen LogP contribution in [0.25, 0.3) is 0 Å². The van der Waals surface area contributed by atoms with Crippen LogP contribution in [-0.2, 0) is 19.9 Å². The minimum Gasteiger partial charge on any atom is -0.334 e. The zero-order valence-electron chi connectivity index (χ0n) is 9.40. The summed E-state index contributed by atoms with van der Waals surface area (Å²) in [6, 6.07) is 6.34. The van der Waals surface area contributed by atoms with Crippen LogP contribution in [0, 0.1) is 18.3 Å². The Labute approximate surface area is 99.0 Å². The van der Waals surface area contributed by atoms with Gasteiger partial charge in [0, 0.05) is 11.9 Å². The lowest BCUT2D eigenvalue weighted by Gasteiger charge is -2.02. The maximum atomic E-state index is 8.99. The number of aryl methyl sites for hydroxylation is 2. The molecule has 0 aliphatic heterocycles. The summed E-state index contributed by atoms with van der Waals surface area (Å²) in [6.45, 7) is 1.93. The molecule has 82 valence electrons. The van der Waals surface area contributed by atoms with Gasteiger partial charge in [0.25, 0.3) is 0 Å². The first kappa shape index (κ1) is 10.9. The largest absolute Gasteiger partial charge is 0.334 e. The fraction of sp³-hybridized carbons (Fsp3) is 0.333. The van der Waals surface area contributed by atoms with Crippen molar-refractivity contribution in [3.05, 3.63) is 39.6 Å². The van der Waals surface area contributed by atoms with E-state index in [4.69, 9.17) is 5.26 Å². The molecule has 0 aliphatic carbocycles. The molecule has 0 radical (unpaired) electrons. The van der Waals surface area contributed by atoms with Crippen LogP contribution in [0.15, 0.2) is 17.5 Å². The monoisotopic (exact) mass is 231 g/mol. The van der Waals surface area contributed by atoms with E-state index in [1.807, 2.05) is 18.5 Å². The van der Waals surface area contributed by atoms with Gasteiger partial charge in [-0.15, -0.1) is 11.3 Å². The lowest BCUT2D eigenvalue weighted by Crippen LogP contribution is -2.01. The van der Waals surface area contributed by atoms with E-state index < -0.39 is 0 Å². The Morgan fingerprint density at radius 1 is 1.50 bits per heavy atom. The van der Waals surface area contributed by atoms with E-state index in [1.165, 1.54) is 4.88 Å². The third-order valence-electron chi connectivity index (χ3n) is 2.73. The second-order valence-corrected chi connectivity index (χ2v) is 4.74. The molecular formula is C12H13N3S. The first-order valence-corrected chi connectivity index (χ1v) is 6.05. The first-order valence-electron chi connectivity index (χ1n) is 5.17. The average Bonchev–Trinajstić information content (AvgIpc) is 2.87. The van der Waals surface area contributed by atoms with Gasteiger partial charge in [0.1, 0.15) is 11.9 Å². The molecule has 0 saturated heterocycles. The van der Waals surface area contributed by atoms with Crippen LogP contribution in [0.2, 0.25) is 0 Å². The van der Waals surface area contributed by atoms with E-state index in [0.29, 0.717) is 5.69 Å². The van der Waals surface area contributed by atoms with E-state index in [2.05, 4.69) is 28.6 Å². The SMILES string of the molecule is Cc1nc(C#N)c(CCc2cccs2)n1C. The van der Waals surface area contributed by atoms with Crippen molar-refractivity contribution in [2.24, 2.45) is 7.05 Å². The molecule has 2 aromatic heterocycles. The lowest BCUT2D eigenvalue weighted by atomic mass is 10.2. The van der Waals surface area contributed by atoms with Gasteiger partial charge in [0.15, 0.2) is 5.69 Å². The van der Waals surface area contributed by atoms with Crippen LogP contribution < -0.4 is 0 Å². The Balaban J connectivity index is 2.18. The summed E-state index contributed by atoms with van der Waals surface area (Å²) in [7, 11) is 1.97. The number of hydrogen-bond acceptors (Lipinski definition) is 3. The molecule has 0 amide bonds. The molecule has 2 aromatic rings. The van der Waals surface area contributed by atoms with Crippen LogP contribution in [0.1, 0.15) is 22.1 Å². The van der Waals surface area contributed by atoms with Crippen molar-refractivity contribution in [2.45, 2.75) is 19.8 Å². The fourth-order valence-corrected chi connectivity index (χ4v) is 2.44. The highest BCUT2D eigenvalue weighted by molar-refractivity contribution is 7.09. The molecule has 0 spiro atoms. The van der Waals surface area contributed by atoms with Gasteiger partial charge in [-0.2, -0.15) is 5.26 Å². The summed E-state index contributed by atoms with van der Waals surface area (Å²) in [6.07, 6.45) is 1.85. The van der Waals surface area contributed by atoms with Crippen molar-refractivity contribution >= 4 is 11.3 Å². The lowest BCUT2D eigenvalue weighted by molar-refractivity contribution is 0.774. The normalized spacial score (nSPS) is 10.3. The molecule has 0 saturated carbocycles. The third-order valence-corrected chi connectivity index (χ3v) is 3.67. The Morgan fingerprint density at radius 2 is 2.31 bits per heavy atom. The summed E-state index contributed by atoms with van der Waals surface area (Å²) >= 11 is 1.76.